The third kappa shape index (κ3) is 3.53. The van der Waals surface area contributed by atoms with Gasteiger partial charge >= 0.3 is 0 Å². The van der Waals surface area contributed by atoms with Crippen molar-refractivity contribution >= 4 is 15.9 Å². The average Bonchev–Trinajstić information content (AvgIpc) is 2.16. The lowest BCUT2D eigenvalue weighted by atomic mass is 10.4. The molecule has 0 spiro atoms. The van der Waals surface area contributed by atoms with E-state index in [0.29, 0.717) is 12.4 Å². The number of aromatic nitrogens is 2. The zero-order chi connectivity index (χ0) is 9.68. The van der Waals surface area contributed by atoms with Crippen LogP contribution in [-0.2, 0) is 11.3 Å². The Labute approximate surface area is 85.7 Å². The highest BCUT2D eigenvalue weighted by Crippen LogP contribution is 2.05. The average molecular weight is 241 g/mol. The molecule has 0 aliphatic carbocycles. The molecule has 0 aliphatic rings. The molecule has 1 atom stereocenters. The SMILES string of the molecule is C#C[C@@H](C)OCc1ncc(Br)cn1. The molecule has 1 aromatic rings. The van der Waals surface area contributed by atoms with Crippen LogP contribution >= 0.6 is 15.9 Å². The van der Waals surface area contributed by atoms with Crippen LogP contribution in [0.25, 0.3) is 0 Å². The van der Waals surface area contributed by atoms with Crippen molar-refractivity contribution in [3.05, 3.63) is 22.7 Å². The standard InChI is InChI=1S/C9H9BrN2O/c1-3-7(2)13-6-9-11-4-8(10)5-12-9/h1,4-5,7H,6H2,2H3/t7-/m1/s1. The van der Waals surface area contributed by atoms with Crippen LogP contribution in [0.1, 0.15) is 12.7 Å². The molecule has 4 heteroatoms. The Kier molecular flexibility index (Phi) is 3.87. The summed E-state index contributed by atoms with van der Waals surface area (Å²) in [5.41, 5.74) is 0. The molecule has 1 rings (SSSR count). The molecule has 13 heavy (non-hydrogen) atoms. The van der Waals surface area contributed by atoms with Gasteiger partial charge in [0.2, 0.25) is 0 Å². The second-order valence-electron chi connectivity index (χ2n) is 2.44. The van der Waals surface area contributed by atoms with Gasteiger partial charge in [-0.25, -0.2) is 9.97 Å². The third-order valence-electron chi connectivity index (χ3n) is 1.37. The van der Waals surface area contributed by atoms with E-state index in [0.717, 1.165) is 4.47 Å². The molecule has 0 amide bonds. The fourth-order valence-electron chi connectivity index (χ4n) is 0.661. The van der Waals surface area contributed by atoms with Crippen LogP contribution in [-0.4, -0.2) is 16.1 Å². The Balaban J connectivity index is 2.47. The van der Waals surface area contributed by atoms with Gasteiger partial charge in [0.05, 0.1) is 4.47 Å². The van der Waals surface area contributed by atoms with Crippen molar-refractivity contribution in [2.75, 3.05) is 0 Å². The fourth-order valence-corrected chi connectivity index (χ4v) is 0.866. The maximum atomic E-state index is 5.24. The Morgan fingerprint density at radius 1 is 1.62 bits per heavy atom. The van der Waals surface area contributed by atoms with Crippen molar-refractivity contribution in [2.24, 2.45) is 0 Å². The van der Waals surface area contributed by atoms with Gasteiger partial charge in [-0.3, -0.25) is 0 Å². The molecule has 1 aromatic heterocycles. The molecular weight excluding hydrogens is 232 g/mol. The summed E-state index contributed by atoms with van der Waals surface area (Å²) in [7, 11) is 0. The van der Waals surface area contributed by atoms with Crippen LogP contribution in [0.3, 0.4) is 0 Å². The van der Waals surface area contributed by atoms with E-state index in [1.807, 2.05) is 0 Å². The Hall–Kier alpha value is -0.920. The summed E-state index contributed by atoms with van der Waals surface area (Å²) in [5, 5.41) is 0. The first-order valence-corrected chi connectivity index (χ1v) is 4.56. The minimum atomic E-state index is -0.202. The van der Waals surface area contributed by atoms with E-state index in [4.69, 9.17) is 11.2 Å². The van der Waals surface area contributed by atoms with Crippen molar-refractivity contribution in [3.8, 4) is 12.3 Å². The smallest absolute Gasteiger partial charge is 0.153 e. The molecule has 0 N–H and O–H groups in total. The van der Waals surface area contributed by atoms with Crippen LogP contribution < -0.4 is 0 Å². The molecule has 0 fully saturated rings. The molecule has 0 bridgehead atoms. The molecular formula is C9H9BrN2O. The van der Waals surface area contributed by atoms with Gasteiger partial charge in [-0.1, -0.05) is 5.92 Å². The van der Waals surface area contributed by atoms with E-state index in [2.05, 4.69) is 31.8 Å². The Morgan fingerprint density at radius 3 is 2.77 bits per heavy atom. The summed E-state index contributed by atoms with van der Waals surface area (Å²) < 4.78 is 6.09. The number of hydrogen-bond donors (Lipinski definition) is 0. The zero-order valence-corrected chi connectivity index (χ0v) is 8.78. The quantitative estimate of drug-likeness (QED) is 0.756. The maximum Gasteiger partial charge on any atom is 0.153 e. The number of rotatable bonds is 3. The maximum absolute atomic E-state index is 5.24. The lowest BCUT2D eigenvalue weighted by Crippen LogP contribution is -2.06. The Bertz CT molecular complexity index is 304. The van der Waals surface area contributed by atoms with E-state index in [1.165, 1.54) is 0 Å². The van der Waals surface area contributed by atoms with Crippen LogP contribution in [0, 0.1) is 12.3 Å². The summed E-state index contributed by atoms with van der Waals surface area (Å²) in [6.07, 6.45) is 8.28. The molecule has 3 nitrogen and oxygen atoms in total. The highest BCUT2D eigenvalue weighted by molar-refractivity contribution is 9.10. The molecule has 0 unspecified atom stereocenters. The number of ether oxygens (including phenoxy) is 1. The molecule has 0 saturated carbocycles. The number of terminal acetylenes is 1. The van der Waals surface area contributed by atoms with Crippen LogP contribution in [0.2, 0.25) is 0 Å². The number of halogens is 1. The normalized spacial score (nSPS) is 12.1. The highest BCUT2D eigenvalue weighted by Gasteiger charge is 1.99. The largest absolute Gasteiger partial charge is 0.358 e. The summed E-state index contributed by atoms with van der Waals surface area (Å²) >= 11 is 3.24. The monoisotopic (exact) mass is 240 g/mol. The summed E-state index contributed by atoms with van der Waals surface area (Å²) in [6.45, 7) is 2.15. The van der Waals surface area contributed by atoms with E-state index in [1.54, 1.807) is 19.3 Å². The molecule has 0 radical (unpaired) electrons. The van der Waals surface area contributed by atoms with Crippen LogP contribution in [0.5, 0.6) is 0 Å². The lowest BCUT2D eigenvalue weighted by Gasteiger charge is -2.04. The number of nitrogens with zero attached hydrogens (tertiary/aromatic N) is 2. The summed E-state index contributed by atoms with van der Waals surface area (Å²) in [5.74, 6) is 3.09. The van der Waals surface area contributed by atoms with E-state index < -0.39 is 0 Å². The first-order chi connectivity index (χ1) is 6.22. The van der Waals surface area contributed by atoms with Gasteiger partial charge in [-0.05, 0) is 22.9 Å². The minimum Gasteiger partial charge on any atom is -0.358 e. The van der Waals surface area contributed by atoms with Gasteiger partial charge in [0, 0.05) is 12.4 Å². The topological polar surface area (TPSA) is 35.0 Å². The van der Waals surface area contributed by atoms with Crippen LogP contribution in [0.15, 0.2) is 16.9 Å². The van der Waals surface area contributed by atoms with Gasteiger partial charge in [0.25, 0.3) is 0 Å². The summed E-state index contributed by atoms with van der Waals surface area (Å²) in [6, 6.07) is 0. The van der Waals surface area contributed by atoms with Crippen LogP contribution in [0.4, 0.5) is 0 Å². The first kappa shape index (κ1) is 10.2. The highest BCUT2D eigenvalue weighted by atomic mass is 79.9. The Morgan fingerprint density at radius 2 is 2.23 bits per heavy atom. The predicted molar refractivity (Wildman–Crippen MR) is 52.8 cm³/mol. The van der Waals surface area contributed by atoms with Gasteiger partial charge in [-0.2, -0.15) is 0 Å². The van der Waals surface area contributed by atoms with Crippen molar-refractivity contribution in [1.29, 1.82) is 0 Å². The van der Waals surface area contributed by atoms with E-state index >= 15 is 0 Å². The zero-order valence-electron chi connectivity index (χ0n) is 7.20. The summed E-state index contributed by atoms with van der Waals surface area (Å²) in [4.78, 5) is 8.07. The lowest BCUT2D eigenvalue weighted by molar-refractivity contribution is 0.0852. The minimum absolute atomic E-state index is 0.202. The predicted octanol–water partition coefficient (Wildman–Crippen LogP) is 1.78. The second kappa shape index (κ2) is 4.95. The van der Waals surface area contributed by atoms with Crippen molar-refractivity contribution in [1.82, 2.24) is 9.97 Å². The molecule has 0 saturated heterocycles. The van der Waals surface area contributed by atoms with Crippen molar-refractivity contribution in [2.45, 2.75) is 19.6 Å². The van der Waals surface area contributed by atoms with Gasteiger partial charge in [0.15, 0.2) is 5.82 Å². The van der Waals surface area contributed by atoms with Gasteiger partial charge in [0.1, 0.15) is 12.7 Å². The second-order valence-corrected chi connectivity index (χ2v) is 3.35. The molecule has 1 heterocycles. The van der Waals surface area contributed by atoms with E-state index in [9.17, 15) is 0 Å². The third-order valence-corrected chi connectivity index (χ3v) is 1.78. The van der Waals surface area contributed by atoms with Gasteiger partial charge < -0.3 is 4.74 Å². The van der Waals surface area contributed by atoms with Crippen molar-refractivity contribution in [3.63, 3.8) is 0 Å². The molecule has 68 valence electrons. The number of hydrogen-bond acceptors (Lipinski definition) is 3. The first-order valence-electron chi connectivity index (χ1n) is 3.76. The molecule has 0 aliphatic heterocycles. The van der Waals surface area contributed by atoms with E-state index in [-0.39, 0.29) is 6.10 Å². The van der Waals surface area contributed by atoms with Crippen molar-refractivity contribution < 1.29 is 4.74 Å². The fraction of sp³-hybridized carbons (Fsp3) is 0.333. The van der Waals surface area contributed by atoms with Gasteiger partial charge in [-0.15, -0.1) is 6.42 Å². The molecule has 0 aromatic carbocycles.